The molecule has 0 aromatic heterocycles. The van der Waals surface area contributed by atoms with E-state index in [0.717, 1.165) is 18.6 Å². The maximum atomic E-state index is 12.7. The standard InChI is InChI=1S/C23H28N2O2S/c1-17-11-13-18(14-12-17)15-28-16-22(26)25-21-10-6-5-9-20(21)23(27)24-19-7-3-2-4-8-19/h5-6,9-14,19H,2-4,7-8,15-16H2,1H3,(H,24,27)(H,25,26). The van der Waals surface area contributed by atoms with E-state index in [2.05, 4.69) is 41.8 Å². The van der Waals surface area contributed by atoms with E-state index in [4.69, 9.17) is 0 Å². The molecule has 5 heteroatoms. The minimum absolute atomic E-state index is 0.0879. The molecule has 1 saturated carbocycles. The molecule has 2 aromatic carbocycles. The van der Waals surface area contributed by atoms with E-state index in [1.807, 2.05) is 12.1 Å². The predicted octanol–water partition coefficient (Wildman–Crippen LogP) is 4.93. The fraction of sp³-hybridized carbons (Fsp3) is 0.391. The zero-order valence-electron chi connectivity index (χ0n) is 16.4. The first-order chi connectivity index (χ1) is 13.6. The van der Waals surface area contributed by atoms with Crippen LogP contribution in [0.5, 0.6) is 0 Å². The van der Waals surface area contributed by atoms with E-state index in [1.54, 1.807) is 23.9 Å². The van der Waals surface area contributed by atoms with Crippen molar-refractivity contribution in [1.29, 1.82) is 0 Å². The second-order valence-electron chi connectivity index (χ2n) is 7.38. The van der Waals surface area contributed by atoms with E-state index in [9.17, 15) is 9.59 Å². The summed E-state index contributed by atoms with van der Waals surface area (Å²) in [6, 6.07) is 15.8. The highest BCUT2D eigenvalue weighted by molar-refractivity contribution is 7.99. The van der Waals surface area contributed by atoms with Crippen molar-refractivity contribution in [3.05, 3.63) is 65.2 Å². The number of hydrogen-bond donors (Lipinski definition) is 2. The lowest BCUT2D eigenvalue weighted by atomic mass is 9.95. The van der Waals surface area contributed by atoms with E-state index in [0.29, 0.717) is 17.0 Å². The van der Waals surface area contributed by atoms with Gasteiger partial charge in [0.25, 0.3) is 5.91 Å². The summed E-state index contributed by atoms with van der Waals surface area (Å²) in [5.74, 6) is 0.953. The molecule has 1 fully saturated rings. The number of nitrogens with one attached hydrogen (secondary N) is 2. The summed E-state index contributed by atoms with van der Waals surface area (Å²) in [7, 11) is 0. The maximum Gasteiger partial charge on any atom is 0.253 e. The van der Waals surface area contributed by atoms with Crippen molar-refractivity contribution in [2.75, 3.05) is 11.1 Å². The summed E-state index contributed by atoms with van der Waals surface area (Å²) in [6.07, 6.45) is 5.66. The maximum absolute atomic E-state index is 12.7. The molecule has 1 aliphatic carbocycles. The van der Waals surface area contributed by atoms with Crippen molar-refractivity contribution in [2.45, 2.75) is 50.8 Å². The molecule has 0 bridgehead atoms. The monoisotopic (exact) mass is 396 g/mol. The van der Waals surface area contributed by atoms with Gasteiger partial charge in [-0.05, 0) is 37.5 Å². The second kappa shape index (κ2) is 10.3. The molecule has 0 spiro atoms. The highest BCUT2D eigenvalue weighted by Crippen LogP contribution is 2.20. The lowest BCUT2D eigenvalue weighted by Crippen LogP contribution is -2.36. The number of hydrogen-bond acceptors (Lipinski definition) is 3. The zero-order valence-corrected chi connectivity index (χ0v) is 17.2. The van der Waals surface area contributed by atoms with Crippen LogP contribution in [0.4, 0.5) is 5.69 Å². The molecule has 1 aliphatic rings. The predicted molar refractivity (Wildman–Crippen MR) is 117 cm³/mol. The topological polar surface area (TPSA) is 58.2 Å². The highest BCUT2D eigenvalue weighted by Gasteiger charge is 2.19. The van der Waals surface area contributed by atoms with Crippen molar-refractivity contribution in [3.63, 3.8) is 0 Å². The quantitative estimate of drug-likeness (QED) is 0.698. The summed E-state index contributed by atoms with van der Waals surface area (Å²) in [5.41, 5.74) is 3.55. The van der Waals surface area contributed by atoms with Gasteiger partial charge in [-0.25, -0.2) is 0 Å². The van der Waals surface area contributed by atoms with Crippen LogP contribution in [0.25, 0.3) is 0 Å². The Hall–Kier alpha value is -2.27. The molecule has 0 atom stereocenters. The first kappa shape index (κ1) is 20.5. The fourth-order valence-corrected chi connectivity index (χ4v) is 4.22. The van der Waals surface area contributed by atoms with Gasteiger partial charge in [-0.1, -0.05) is 61.2 Å². The number of rotatable bonds is 7. The Morgan fingerprint density at radius 3 is 2.46 bits per heavy atom. The number of anilines is 1. The summed E-state index contributed by atoms with van der Waals surface area (Å²) < 4.78 is 0. The van der Waals surface area contributed by atoms with Crippen molar-refractivity contribution >= 4 is 29.3 Å². The molecule has 3 rings (SSSR count). The molecule has 2 aromatic rings. The molecule has 28 heavy (non-hydrogen) atoms. The third-order valence-corrected chi connectivity index (χ3v) is 6.01. The number of carbonyl (C=O) groups is 2. The number of carbonyl (C=O) groups excluding carboxylic acids is 2. The molecular formula is C23H28N2O2S. The van der Waals surface area contributed by atoms with E-state index in [-0.39, 0.29) is 17.9 Å². The minimum atomic E-state index is -0.102. The van der Waals surface area contributed by atoms with Gasteiger partial charge in [-0.15, -0.1) is 11.8 Å². The van der Waals surface area contributed by atoms with Crippen LogP contribution in [0.3, 0.4) is 0 Å². The zero-order chi connectivity index (χ0) is 19.8. The Bertz CT molecular complexity index is 799. The van der Waals surface area contributed by atoms with Gasteiger partial charge in [0, 0.05) is 11.8 Å². The van der Waals surface area contributed by atoms with Crippen molar-refractivity contribution in [1.82, 2.24) is 5.32 Å². The first-order valence-electron chi connectivity index (χ1n) is 9.95. The van der Waals surface area contributed by atoms with Gasteiger partial charge in [-0.2, -0.15) is 0 Å². The summed E-state index contributed by atoms with van der Waals surface area (Å²) >= 11 is 1.57. The van der Waals surface area contributed by atoms with Gasteiger partial charge in [0.15, 0.2) is 0 Å². The van der Waals surface area contributed by atoms with Crippen LogP contribution in [0.15, 0.2) is 48.5 Å². The Labute approximate surface area is 171 Å². The van der Waals surface area contributed by atoms with E-state index >= 15 is 0 Å². The fourth-order valence-electron chi connectivity index (χ4n) is 3.43. The molecule has 148 valence electrons. The molecule has 4 nitrogen and oxygen atoms in total. The first-order valence-corrected chi connectivity index (χ1v) is 11.1. The van der Waals surface area contributed by atoms with Gasteiger partial charge < -0.3 is 10.6 Å². The van der Waals surface area contributed by atoms with Gasteiger partial charge in [0.1, 0.15) is 0 Å². The van der Waals surface area contributed by atoms with Crippen LogP contribution in [-0.2, 0) is 10.5 Å². The lowest BCUT2D eigenvalue weighted by molar-refractivity contribution is -0.113. The number of para-hydroxylation sites is 1. The summed E-state index contributed by atoms with van der Waals surface area (Å²) in [5, 5.41) is 6.03. The molecule has 0 aliphatic heterocycles. The average Bonchev–Trinajstić information content (AvgIpc) is 2.70. The Kier molecular flexibility index (Phi) is 7.54. The van der Waals surface area contributed by atoms with Crippen LogP contribution in [-0.4, -0.2) is 23.6 Å². The van der Waals surface area contributed by atoms with E-state index < -0.39 is 0 Å². The molecule has 0 radical (unpaired) electrons. The summed E-state index contributed by atoms with van der Waals surface area (Å²) in [6.45, 7) is 2.06. The van der Waals surface area contributed by atoms with Crippen LogP contribution >= 0.6 is 11.8 Å². The highest BCUT2D eigenvalue weighted by atomic mass is 32.2. The Morgan fingerprint density at radius 2 is 1.71 bits per heavy atom. The molecule has 2 N–H and O–H groups in total. The second-order valence-corrected chi connectivity index (χ2v) is 8.37. The third-order valence-electron chi connectivity index (χ3n) is 5.01. The van der Waals surface area contributed by atoms with Gasteiger partial charge in [-0.3, -0.25) is 9.59 Å². The summed E-state index contributed by atoms with van der Waals surface area (Å²) in [4.78, 5) is 25.0. The van der Waals surface area contributed by atoms with Gasteiger partial charge in [0.05, 0.1) is 17.0 Å². The number of amides is 2. The van der Waals surface area contributed by atoms with Crippen LogP contribution < -0.4 is 10.6 Å². The molecular weight excluding hydrogens is 368 g/mol. The van der Waals surface area contributed by atoms with Gasteiger partial charge in [0.2, 0.25) is 5.91 Å². The third kappa shape index (κ3) is 6.13. The Morgan fingerprint density at radius 1 is 1.00 bits per heavy atom. The number of thioether (sulfide) groups is 1. The average molecular weight is 397 g/mol. The van der Waals surface area contributed by atoms with Crippen LogP contribution in [0, 0.1) is 6.92 Å². The smallest absolute Gasteiger partial charge is 0.253 e. The minimum Gasteiger partial charge on any atom is -0.349 e. The van der Waals surface area contributed by atoms with Crippen molar-refractivity contribution in [3.8, 4) is 0 Å². The Balaban J connectivity index is 1.52. The normalized spacial score (nSPS) is 14.5. The number of aryl methyl sites for hydroxylation is 1. The molecule has 2 amide bonds. The molecule has 0 heterocycles. The van der Waals surface area contributed by atoms with Crippen molar-refractivity contribution < 1.29 is 9.59 Å². The molecule has 0 saturated heterocycles. The number of benzene rings is 2. The van der Waals surface area contributed by atoms with Gasteiger partial charge >= 0.3 is 0 Å². The van der Waals surface area contributed by atoms with E-state index in [1.165, 1.54) is 30.4 Å². The largest absolute Gasteiger partial charge is 0.349 e. The van der Waals surface area contributed by atoms with Crippen molar-refractivity contribution in [2.24, 2.45) is 0 Å². The lowest BCUT2D eigenvalue weighted by Gasteiger charge is -2.23. The van der Waals surface area contributed by atoms with Crippen LogP contribution in [0.1, 0.15) is 53.6 Å². The SMILES string of the molecule is Cc1ccc(CSCC(=O)Nc2ccccc2C(=O)NC2CCCCC2)cc1. The van der Waals surface area contributed by atoms with Crippen LogP contribution in [0.2, 0.25) is 0 Å². The molecule has 0 unspecified atom stereocenters.